The highest BCUT2D eigenvalue weighted by Crippen LogP contribution is 2.56. The molecule has 1 fully saturated rings. The molecule has 0 radical (unpaired) electrons. The predicted octanol–water partition coefficient (Wildman–Crippen LogP) is 6.08. The summed E-state index contributed by atoms with van der Waals surface area (Å²) >= 11 is 6.58. The Labute approximate surface area is 196 Å². The van der Waals surface area contributed by atoms with E-state index >= 15 is 0 Å². The molecular formula is C26H33ClN2O3. The van der Waals surface area contributed by atoms with E-state index in [-0.39, 0.29) is 5.41 Å². The Morgan fingerprint density at radius 1 is 1.34 bits per heavy atom. The van der Waals surface area contributed by atoms with Gasteiger partial charge in [-0.25, -0.2) is 4.98 Å². The lowest BCUT2D eigenvalue weighted by Gasteiger charge is -2.47. The van der Waals surface area contributed by atoms with Crippen molar-refractivity contribution in [3.8, 4) is 5.75 Å². The molecule has 172 valence electrons. The van der Waals surface area contributed by atoms with Crippen LogP contribution < -0.4 is 4.74 Å². The van der Waals surface area contributed by atoms with E-state index in [1.165, 1.54) is 5.56 Å². The molecule has 32 heavy (non-hydrogen) atoms. The predicted molar refractivity (Wildman–Crippen MR) is 129 cm³/mol. The molecule has 1 aromatic rings. The van der Waals surface area contributed by atoms with Crippen LogP contribution in [0.1, 0.15) is 57.2 Å². The summed E-state index contributed by atoms with van der Waals surface area (Å²) in [7, 11) is 1.69. The average Bonchev–Trinajstić information content (AvgIpc) is 3.07. The lowest BCUT2D eigenvalue weighted by Crippen LogP contribution is -2.45. The molecule has 0 N–H and O–H groups in total. The Hall–Kier alpha value is -2.24. The van der Waals surface area contributed by atoms with Gasteiger partial charge in [0.05, 0.1) is 24.6 Å². The Bertz CT molecular complexity index is 995. The summed E-state index contributed by atoms with van der Waals surface area (Å²) in [6, 6.07) is 2.40. The molecule has 2 unspecified atom stereocenters. The van der Waals surface area contributed by atoms with Gasteiger partial charge < -0.3 is 19.1 Å². The number of hydrogen-bond acceptors (Lipinski definition) is 5. The molecular weight excluding hydrogens is 424 g/mol. The number of pyridine rings is 1. The first kappa shape index (κ1) is 22.9. The van der Waals surface area contributed by atoms with Crippen molar-refractivity contribution in [1.82, 2.24) is 9.88 Å². The second kappa shape index (κ2) is 8.95. The van der Waals surface area contributed by atoms with Crippen LogP contribution in [-0.4, -0.2) is 42.9 Å². The maximum atomic E-state index is 6.58. The van der Waals surface area contributed by atoms with Crippen LogP contribution in [0.4, 0.5) is 0 Å². The van der Waals surface area contributed by atoms with Crippen LogP contribution in [-0.2, 0) is 9.47 Å². The highest BCUT2D eigenvalue weighted by Gasteiger charge is 2.51. The summed E-state index contributed by atoms with van der Waals surface area (Å²) in [4.78, 5) is 7.18. The van der Waals surface area contributed by atoms with E-state index in [2.05, 4.69) is 50.2 Å². The highest BCUT2D eigenvalue weighted by molar-refractivity contribution is 6.31. The number of aromatic nitrogens is 1. The standard InChI is InChI=1S/C26H33ClN2O3/c1-7-31-17(3)20-15-29-21(13-16(20)2)23-19(18-9-10-26(4,5)24(18)29)14-22(25(27)28-23)32-12-8-11-30-6/h13-15,18,24H,2-3,7-12H2,1,4-6H3. The van der Waals surface area contributed by atoms with Crippen LogP contribution in [0.3, 0.4) is 0 Å². The SMILES string of the molecule is C=C1C=C2c3nc(Cl)c(OCCCOC)cc3C3CCC(C)(C)C3N2C=C1C(=C)OCC. The zero-order valence-electron chi connectivity index (χ0n) is 19.5. The van der Waals surface area contributed by atoms with E-state index < -0.39 is 0 Å². The molecule has 0 aromatic carbocycles. The van der Waals surface area contributed by atoms with Crippen molar-refractivity contribution in [2.75, 3.05) is 26.9 Å². The maximum Gasteiger partial charge on any atom is 0.171 e. The number of rotatable bonds is 8. The first-order chi connectivity index (χ1) is 15.3. The van der Waals surface area contributed by atoms with Crippen molar-refractivity contribution >= 4 is 17.3 Å². The molecule has 0 saturated heterocycles. The van der Waals surface area contributed by atoms with E-state index in [9.17, 15) is 0 Å². The van der Waals surface area contributed by atoms with Gasteiger partial charge in [-0.2, -0.15) is 0 Å². The number of halogens is 1. The number of nitrogens with zero attached hydrogens (tertiary/aromatic N) is 2. The summed E-state index contributed by atoms with van der Waals surface area (Å²) in [6.45, 7) is 16.8. The number of hydrogen-bond donors (Lipinski definition) is 0. The monoisotopic (exact) mass is 456 g/mol. The van der Waals surface area contributed by atoms with Gasteiger partial charge in [0.2, 0.25) is 0 Å². The minimum Gasteiger partial charge on any atom is -0.494 e. The van der Waals surface area contributed by atoms with E-state index in [1.54, 1.807) is 7.11 Å². The average molecular weight is 457 g/mol. The fourth-order valence-electron chi connectivity index (χ4n) is 5.27. The zero-order valence-corrected chi connectivity index (χ0v) is 20.3. The lowest BCUT2D eigenvalue weighted by atomic mass is 9.77. The topological polar surface area (TPSA) is 43.8 Å². The van der Waals surface area contributed by atoms with Crippen molar-refractivity contribution in [1.29, 1.82) is 0 Å². The van der Waals surface area contributed by atoms with Gasteiger partial charge in [-0.15, -0.1) is 0 Å². The summed E-state index contributed by atoms with van der Waals surface area (Å²) in [5, 5.41) is 0.386. The molecule has 0 bridgehead atoms. The summed E-state index contributed by atoms with van der Waals surface area (Å²) < 4.78 is 16.8. The van der Waals surface area contributed by atoms with Crippen LogP contribution in [0.2, 0.25) is 5.15 Å². The Kier molecular flexibility index (Phi) is 6.42. The third-order valence-electron chi connectivity index (χ3n) is 6.77. The van der Waals surface area contributed by atoms with Crippen molar-refractivity contribution < 1.29 is 14.2 Å². The molecule has 3 heterocycles. The molecule has 1 saturated carbocycles. The molecule has 4 rings (SSSR count). The van der Waals surface area contributed by atoms with Crippen LogP contribution in [0, 0.1) is 5.41 Å². The molecule has 1 aromatic heterocycles. The molecule has 6 heteroatoms. The van der Waals surface area contributed by atoms with Gasteiger partial charge in [-0.1, -0.05) is 38.6 Å². The Morgan fingerprint density at radius 2 is 2.12 bits per heavy atom. The summed E-state index contributed by atoms with van der Waals surface area (Å²) in [5.41, 5.74) is 5.09. The Balaban J connectivity index is 1.77. The number of allylic oxidation sites excluding steroid dienone is 2. The fraction of sp³-hybridized carbons (Fsp3) is 0.500. The molecule has 1 aliphatic carbocycles. The molecule has 0 amide bonds. The third kappa shape index (κ3) is 3.97. The smallest absolute Gasteiger partial charge is 0.171 e. The van der Waals surface area contributed by atoms with Crippen molar-refractivity contribution in [3.63, 3.8) is 0 Å². The third-order valence-corrected chi connectivity index (χ3v) is 7.04. The van der Waals surface area contributed by atoms with Gasteiger partial charge in [-0.05, 0) is 48.5 Å². The van der Waals surface area contributed by atoms with Crippen molar-refractivity contribution in [3.05, 3.63) is 64.8 Å². The van der Waals surface area contributed by atoms with Crippen molar-refractivity contribution in [2.24, 2.45) is 5.41 Å². The minimum atomic E-state index is 0.133. The zero-order chi connectivity index (χ0) is 23.0. The second-order valence-electron chi connectivity index (χ2n) is 9.35. The van der Waals surface area contributed by atoms with Gasteiger partial charge >= 0.3 is 0 Å². The van der Waals surface area contributed by atoms with Gasteiger partial charge in [-0.3, -0.25) is 0 Å². The fourth-order valence-corrected chi connectivity index (χ4v) is 5.46. The van der Waals surface area contributed by atoms with E-state index in [4.69, 9.17) is 30.8 Å². The molecule has 2 aliphatic heterocycles. The van der Waals surface area contributed by atoms with Crippen LogP contribution in [0.15, 0.2) is 48.4 Å². The number of methoxy groups -OCH3 is 1. The second-order valence-corrected chi connectivity index (χ2v) is 9.71. The maximum absolute atomic E-state index is 6.58. The lowest BCUT2D eigenvalue weighted by molar-refractivity contribution is 0.171. The van der Waals surface area contributed by atoms with Crippen molar-refractivity contribution in [2.45, 2.75) is 52.0 Å². The molecule has 2 atom stereocenters. The summed E-state index contributed by atoms with van der Waals surface area (Å²) in [5.74, 6) is 1.64. The normalized spacial score (nSPS) is 23.0. The first-order valence-corrected chi connectivity index (χ1v) is 11.7. The number of ether oxygens (including phenoxy) is 3. The van der Waals surface area contributed by atoms with Gasteiger partial charge in [0.15, 0.2) is 10.9 Å². The van der Waals surface area contributed by atoms with E-state index in [1.807, 2.05) is 6.92 Å². The van der Waals surface area contributed by atoms with Gasteiger partial charge in [0, 0.05) is 43.9 Å². The quantitative estimate of drug-likeness (QED) is 0.269. The highest BCUT2D eigenvalue weighted by atomic mass is 35.5. The van der Waals surface area contributed by atoms with Crippen LogP contribution >= 0.6 is 11.6 Å². The molecule has 5 nitrogen and oxygen atoms in total. The summed E-state index contributed by atoms with van der Waals surface area (Å²) in [6.07, 6.45) is 7.27. The van der Waals surface area contributed by atoms with Crippen LogP contribution in [0.5, 0.6) is 5.75 Å². The number of fused-ring (bicyclic) bond motifs is 6. The van der Waals surface area contributed by atoms with Gasteiger partial charge in [0.1, 0.15) is 5.76 Å². The Morgan fingerprint density at radius 3 is 2.84 bits per heavy atom. The first-order valence-electron chi connectivity index (χ1n) is 11.3. The largest absolute Gasteiger partial charge is 0.494 e. The molecule has 0 spiro atoms. The van der Waals surface area contributed by atoms with Gasteiger partial charge in [0.25, 0.3) is 0 Å². The minimum absolute atomic E-state index is 0.133. The van der Waals surface area contributed by atoms with Crippen LogP contribution in [0.25, 0.3) is 5.70 Å². The van der Waals surface area contributed by atoms with E-state index in [0.717, 1.165) is 41.8 Å². The molecule has 3 aliphatic rings. The van der Waals surface area contributed by atoms with E-state index in [0.29, 0.717) is 48.4 Å².